The van der Waals surface area contributed by atoms with E-state index in [1.807, 2.05) is 54.4 Å². The van der Waals surface area contributed by atoms with E-state index in [-0.39, 0.29) is 29.8 Å². The number of aromatic nitrogens is 2. The van der Waals surface area contributed by atoms with Crippen LogP contribution in [-0.2, 0) is 4.79 Å². The second kappa shape index (κ2) is 13.8. The van der Waals surface area contributed by atoms with Gasteiger partial charge >= 0.3 is 0 Å². The van der Waals surface area contributed by atoms with E-state index in [1.54, 1.807) is 13.1 Å². The van der Waals surface area contributed by atoms with Crippen molar-refractivity contribution in [1.82, 2.24) is 19.8 Å². The SMILES string of the molecule is CC(=O)N(C)C1CCN(c2ncccc2NC(=O)c2[nH]c3cc(Cl)cc4c3c2C2=C(c3ccccc3)C(C)CC=CN2C4c2ccc(Cl)cc2)CC1. The van der Waals surface area contributed by atoms with Gasteiger partial charge in [-0.05, 0) is 83.8 Å². The molecule has 1 saturated heterocycles. The third-order valence-electron chi connectivity index (χ3n) is 10.8. The van der Waals surface area contributed by atoms with Gasteiger partial charge in [0.1, 0.15) is 5.69 Å². The van der Waals surface area contributed by atoms with Gasteiger partial charge in [-0.25, -0.2) is 4.98 Å². The zero-order valence-corrected chi connectivity index (χ0v) is 30.9. The summed E-state index contributed by atoms with van der Waals surface area (Å²) >= 11 is 13.2. The summed E-state index contributed by atoms with van der Waals surface area (Å²) in [6.45, 7) is 5.30. The lowest BCUT2D eigenvalue weighted by molar-refractivity contribution is -0.129. The van der Waals surface area contributed by atoms with Crippen LogP contribution in [0.1, 0.15) is 71.9 Å². The Kier molecular flexibility index (Phi) is 9.05. The number of nitrogens with zero attached hydrogens (tertiary/aromatic N) is 4. The van der Waals surface area contributed by atoms with Crippen LogP contribution in [0, 0.1) is 5.92 Å². The largest absolute Gasteiger partial charge is 0.355 e. The van der Waals surface area contributed by atoms with E-state index in [2.05, 4.69) is 75.7 Å². The van der Waals surface area contributed by atoms with Crippen molar-refractivity contribution in [2.24, 2.45) is 5.92 Å². The normalized spacial score (nSPS) is 18.7. The molecule has 1 fully saturated rings. The van der Waals surface area contributed by atoms with Crippen molar-refractivity contribution in [3.8, 4) is 0 Å². The number of carbonyl (C=O) groups excluding carboxylic acids is 2. The Morgan fingerprint density at radius 2 is 1.71 bits per heavy atom. The second-order valence-corrected chi connectivity index (χ2v) is 14.9. The van der Waals surface area contributed by atoms with Crippen molar-refractivity contribution in [3.63, 3.8) is 0 Å². The molecule has 2 unspecified atom stereocenters. The number of carbonyl (C=O) groups is 2. The molecule has 0 saturated carbocycles. The van der Waals surface area contributed by atoms with Crippen LogP contribution in [0.25, 0.3) is 22.2 Å². The first-order valence-electron chi connectivity index (χ1n) is 17.8. The Bertz CT molecular complexity index is 2240. The number of hydrogen-bond acceptors (Lipinski definition) is 5. The Balaban J connectivity index is 1.28. The summed E-state index contributed by atoms with van der Waals surface area (Å²) in [7, 11) is 1.86. The molecule has 5 heterocycles. The van der Waals surface area contributed by atoms with Crippen molar-refractivity contribution in [2.45, 2.75) is 45.2 Å². The van der Waals surface area contributed by atoms with Crippen LogP contribution < -0.4 is 10.2 Å². The van der Waals surface area contributed by atoms with Gasteiger partial charge in [-0.15, -0.1) is 0 Å². The summed E-state index contributed by atoms with van der Waals surface area (Å²) in [5.41, 5.74) is 8.07. The zero-order chi connectivity index (χ0) is 36.1. The standard InChI is InChI=1S/C42H40Cl2N6O2/c1-25-9-8-20-50-39(28-13-15-29(43)16-14-28)32-23-30(44)24-34-36(32)37(40(50)35(25)27-10-5-4-6-11-27)38(46-34)42(52)47-33-12-7-19-45-41(33)49-21-17-31(18-22-49)48(3)26(2)51/h4-8,10-16,19-20,23-25,31,39,46H,9,17-18,21-22H2,1-3H3,(H,47,52). The van der Waals surface area contributed by atoms with Crippen molar-refractivity contribution in [2.75, 3.05) is 30.4 Å². The highest BCUT2D eigenvalue weighted by Crippen LogP contribution is 2.53. The predicted molar refractivity (Wildman–Crippen MR) is 210 cm³/mol. The number of piperidine rings is 1. The molecular weight excluding hydrogens is 691 g/mol. The number of H-pyrrole nitrogens is 1. The maximum absolute atomic E-state index is 14.8. The fourth-order valence-corrected chi connectivity index (χ4v) is 8.55. The van der Waals surface area contributed by atoms with Crippen molar-refractivity contribution < 1.29 is 9.59 Å². The Labute approximate surface area is 313 Å². The number of fused-ring (bicyclic) bond motifs is 2. The maximum Gasteiger partial charge on any atom is 0.272 e. The fraction of sp³-hybridized carbons (Fsp3) is 0.262. The third kappa shape index (κ3) is 6.03. The lowest BCUT2D eigenvalue weighted by Gasteiger charge is -2.39. The number of halogens is 2. The minimum absolute atomic E-state index is 0.0677. The number of hydrogen-bond donors (Lipinski definition) is 2. The fourth-order valence-electron chi connectivity index (χ4n) is 8.20. The molecule has 3 aliphatic heterocycles. The molecular formula is C42H40Cl2N6O2. The van der Waals surface area contributed by atoms with Crippen molar-refractivity contribution in [3.05, 3.63) is 135 Å². The highest BCUT2D eigenvalue weighted by Gasteiger charge is 2.40. The molecule has 3 aliphatic rings. The number of rotatable bonds is 6. The first kappa shape index (κ1) is 34.1. The Hall–Kier alpha value is -5.05. The first-order chi connectivity index (χ1) is 25.2. The molecule has 8 rings (SSSR count). The molecule has 0 bridgehead atoms. The van der Waals surface area contributed by atoms with Crippen LogP contribution in [0.2, 0.25) is 10.0 Å². The van der Waals surface area contributed by atoms with Crippen LogP contribution in [0.15, 0.2) is 97.3 Å². The van der Waals surface area contributed by atoms with Crippen molar-refractivity contribution >= 4 is 68.7 Å². The average molecular weight is 732 g/mol. The highest BCUT2D eigenvalue weighted by atomic mass is 35.5. The van der Waals surface area contributed by atoms with Crippen molar-refractivity contribution in [1.29, 1.82) is 0 Å². The van der Waals surface area contributed by atoms with E-state index in [0.29, 0.717) is 27.2 Å². The van der Waals surface area contributed by atoms with Gasteiger partial charge in [-0.2, -0.15) is 0 Å². The van der Waals surface area contributed by atoms with Crippen LogP contribution in [0.4, 0.5) is 11.5 Å². The van der Waals surface area contributed by atoms with Gasteiger partial charge in [0.25, 0.3) is 5.91 Å². The first-order valence-corrected chi connectivity index (χ1v) is 18.6. The number of amides is 2. The maximum atomic E-state index is 14.8. The van der Waals surface area contributed by atoms with Gasteiger partial charge in [-0.3, -0.25) is 9.59 Å². The number of allylic oxidation sites excluding steroid dienone is 2. The van der Waals surface area contributed by atoms with E-state index in [9.17, 15) is 9.59 Å². The van der Waals surface area contributed by atoms with Crippen LogP contribution in [0.5, 0.6) is 0 Å². The summed E-state index contributed by atoms with van der Waals surface area (Å²) in [4.78, 5) is 41.4. The Morgan fingerprint density at radius 1 is 0.962 bits per heavy atom. The van der Waals surface area contributed by atoms with E-state index < -0.39 is 0 Å². The molecule has 3 aromatic carbocycles. The molecule has 2 aromatic heterocycles. The summed E-state index contributed by atoms with van der Waals surface area (Å²) in [5, 5.41) is 5.47. The van der Waals surface area contributed by atoms with E-state index in [0.717, 1.165) is 71.2 Å². The monoisotopic (exact) mass is 730 g/mol. The lowest BCUT2D eigenvalue weighted by atomic mass is 9.82. The molecule has 0 aliphatic carbocycles. The average Bonchev–Trinajstić information content (AvgIpc) is 3.44. The highest BCUT2D eigenvalue weighted by molar-refractivity contribution is 6.32. The van der Waals surface area contributed by atoms with Gasteiger partial charge in [0.2, 0.25) is 5.91 Å². The molecule has 264 valence electrons. The van der Waals surface area contributed by atoms with Crippen LogP contribution >= 0.6 is 23.2 Å². The molecule has 0 spiro atoms. The third-order valence-corrected chi connectivity index (χ3v) is 11.3. The summed E-state index contributed by atoms with van der Waals surface area (Å²) in [5.74, 6) is 0.680. The topological polar surface area (TPSA) is 84.6 Å². The minimum Gasteiger partial charge on any atom is -0.355 e. The van der Waals surface area contributed by atoms with Gasteiger partial charge < -0.3 is 25.0 Å². The second-order valence-electron chi connectivity index (χ2n) is 14.0. The molecule has 5 aromatic rings. The molecule has 10 heteroatoms. The van der Waals surface area contributed by atoms with E-state index >= 15 is 0 Å². The predicted octanol–water partition coefficient (Wildman–Crippen LogP) is 9.40. The summed E-state index contributed by atoms with van der Waals surface area (Å²) in [6.07, 6.45) is 8.62. The lowest BCUT2D eigenvalue weighted by Crippen LogP contribution is -2.45. The van der Waals surface area contributed by atoms with E-state index in [4.69, 9.17) is 28.2 Å². The van der Waals surface area contributed by atoms with E-state index in [1.165, 1.54) is 5.57 Å². The van der Waals surface area contributed by atoms with Gasteiger partial charge in [0, 0.05) is 72.0 Å². The van der Waals surface area contributed by atoms with Crippen LogP contribution in [-0.4, -0.2) is 57.8 Å². The molecule has 0 radical (unpaired) electrons. The number of nitrogens with one attached hydrogen (secondary N) is 2. The van der Waals surface area contributed by atoms with Gasteiger partial charge in [0.15, 0.2) is 5.82 Å². The van der Waals surface area contributed by atoms with Gasteiger partial charge in [0.05, 0.1) is 17.4 Å². The minimum atomic E-state index is -0.264. The molecule has 52 heavy (non-hydrogen) atoms. The number of pyridine rings is 1. The molecule has 2 N–H and O–H groups in total. The quantitative estimate of drug-likeness (QED) is 0.182. The number of anilines is 2. The molecule has 8 nitrogen and oxygen atoms in total. The molecule has 2 atom stereocenters. The zero-order valence-electron chi connectivity index (χ0n) is 29.4. The van der Waals surface area contributed by atoms with Crippen LogP contribution in [0.3, 0.4) is 0 Å². The molecule has 2 amide bonds. The Morgan fingerprint density at radius 3 is 2.44 bits per heavy atom. The van der Waals surface area contributed by atoms with Gasteiger partial charge in [-0.1, -0.05) is 78.7 Å². The summed E-state index contributed by atoms with van der Waals surface area (Å²) < 4.78 is 0. The number of benzene rings is 3. The smallest absolute Gasteiger partial charge is 0.272 e. The summed E-state index contributed by atoms with van der Waals surface area (Å²) in [6, 6.07) is 26.1. The number of aromatic amines is 1.